The highest BCUT2D eigenvalue weighted by Crippen LogP contribution is 2.04. The van der Waals surface area contributed by atoms with Gasteiger partial charge in [0, 0.05) is 6.54 Å². The summed E-state index contributed by atoms with van der Waals surface area (Å²) in [5.41, 5.74) is 0.633. The molecule has 0 radical (unpaired) electrons. The quantitative estimate of drug-likeness (QED) is 0.756. The molecule has 1 atom stereocenters. The van der Waals surface area contributed by atoms with Crippen LogP contribution in [-0.4, -0.2) is 28.6 Å². The van der Waals surface area contributed by atoms with E-state index in [4.69, 9.17) is 5.14 Å². The van der Waals surface area contributed by atoms with Gasteiger partial charge in [0.25, 0.3) is 0 Å². The maximum absolute atomic E-state index is 11.7. The zero-order valence-electron chi connectivity index (χ0n) is 9.91. The molecule has 0 saturated carbocycles. The molecular weight excluding hydrogens is 276 g/mol. The summed E-state index contributed by atoms with van der Waals surface area (Å²) in [6.07, 6.45) is 0. The van der Waals surface area contributed by atoms with E-state index in [0.29, 0.717) is 5.56 Å². The summed E-state index contributed by atoms with van der Waals surface area (Å²) in [5.74, 6) is -0.189. The molecule has 1 rings (SSSR count). The molecule has 1 aromatic rings. The zero-order chi connectivity index (χ0) is 13.8. The Bertz CT molecular complexity index is 582. The molecule has 0 aliphatic rings. The van der Waals surface area contributed by atoms with Crippen LogP contribution < -0.4 is 9.86 Å². The van der Waals surface area contributed by atoms with Crippen LogP contribution in [0.25, 0.3) is 0 Å². The normalized spacial score (nSPS) is 14.3. The smallest absolute Gasteiger partial charge is 0.215 e. The van der Waals surface area contributed by atoms with Crippen LogP contribution >= 0.6 is 0 Å². The van der Waals surface area contributed by atoms with Crippen molar-refractivity contribution in [3.05, 3.63) is 35.9 Å². The third-order valence-corrected chi connectivity index (χ3v) is 4.96. The fraction of sp³-hybridized carbons (Fsp3) is 0.400. The van der Waals surface area contributed by atoms with Crippen LogP contribution in [0.5, 0.6) is 0 Å². The number of primary sulfonamides is 1. The van der Waals surface area contributed by atoms with E-state index in [2.05, 4.69) is 4.72 Å². The number of benzene rings is 1. The van der Waals surface area contributed by atoms with Gasteiger partial charge in [-0.25, -0.2) is 26.7 Å². The van der Waals surface area contributed by atoms with Gasteiger partial charge in [-0.3, -0.25) is 0 Å². The highest BCUT2D eigenvalue weighted by molar-refractivity contribution is 7.90. The Kier molecular flexibility index (Phi) is 4.85. The average molecular weight is 292 g/mol. The van der Waals surface area contributed by atoms with E-state index in [1.807, 2.05) is 0 Å². The van der Waals surface area contributed by atoms with Crippen molar-refractivity contribution in [3.63, 3.8) is 0 Å². The van der Waals surface area contributed by atoms with Gasteiger partial charge in [-0.05, 0) is 12.5 Å². The fourth-order valence-corrected chi connectivity index (χ4v) is 2.86. The van der Waals surface area contributed by atoms with Gasteiger partial charge in [0.05, 0.1) is 11.0 Å². The number of hydrogen-bond donors (Lipinski definition) is 2. The van der Waals surface area contributed by atoms with E-state index in [0.717, 1.165) is 0 Å². The van der Waals surface area contributed by atoms with Gasteiger partial charge in [-0.15, -0.1) is 0 Å². The van der Waals surface area contributed by atoms with Crippen molar-refractivity contribution in [2.45, 2.75) is 17.9 Å². The Labute approximate surface area is 107 Å². The summed E-state index contributed by atoms with van der Waals surface area (Å²) in [4.78, 5) is 0. The topological polar surface area (TPSA) is 106 Å². The summed E-state index contributed by atoms with van der Waals surface area (Å²) in [6, 6.07) is 8.62. The van der Waals surface area contributed by atoms with Crippen molar-refractivity contribution in [1.82, 2.24) is 4.72 Å². The third-order valence-electron chi connectivity index (χ3n) is 2.35. The Morgan fingerprint density at radius 2 is 1.72 bits per heavy atom. The standard InChI is InChI=1S/C10H16N2O4S2/c1-9(18(11,15)16)7-12-17(13,14)8-10-5-3-2-4-6-10/h2-6,9,12H,7-8H2,1H3,(H2,11,15,16)/t9-/m0/s1. The van der Waals surface area contributed by atoms with E-state index in [-0.39, 0.29) is 12.3 Å². The molecule has 0 bridgehead atoms. The van der Waals surface area contributed by atoms with Gasteiger partial charge in [-0.2, -0.15) is 0 Å². The minimum Gasteiger partial charge on any atom is -0.228 e. The van der Waals surface area contributed by atoms with Crippen LogP contribution in [-0.2, 0) is 25.8 Å². The first-order chi connectivity index (χ1) is 8.21. The van der Waals surface area contributed by atoms with Crippen molar-refractivity contribution >= 4 is 20.0 Å². The number of nitrogens with one attached hydrogen (secondary N) is 1. The summed E-state index contributed by atoms with van der Waals surface area (Å²) in [7, 11) is -7.29. The molecule has 0 aliphatic heterocycles. The van der Waals surface area contributed by atoms with E-state index in [1.54, 1.807) is 30.3 Å². The van der Waals surface area contributed by atoms with Crippen molar-refractivity contribution in [1.29, 1.82) is 0 Å². The molecule has 3 N–H and O–H groups in total. The maximum Gasteiger partial charge on any atom is 0.215 e. The Hall–Kier alpha value is -0.960. The van der Waals surface area contributed by atoms with E-state index in [9.17, 15) is 16.8 Å². The first-order valence-corrected chi connectivity index (χ1v) is 8.50. The molecule has 8 heteroatoms. The van der Waals surface area contributed by atoms with Crippen molar-refractivity contribution < 1.29 is 16.8 Å². The molecule has 6 nitrogen and oxygen atoms in total. The molecule has 0 heterocycles. The van der Waals surface area contributed by atoms with E-state index in [1.165, 1.54) is 6.92 Å². The van der Waals surface area contributed by atoms with Gasteiger partial charge >= 0.3 is 0 Å². The predicted octanol–water partition coefficient (Wildman–Crippen LogP) is -0.217. The second-order valence-corrected chi connectivity index (χ2v) is 7.78. The lowest BCUT2D eigenvalue weighted by molar-refractivity contribution is 0.570. The van der Waals surface area contributed by atoms with Gasteiger partial charge < -0.3 is 0 Å². The summed E-state index contributed by atoms with van der Waals surface area (Å²) in [6.45, 7) is 1.12. The van der Waals surface area contributed by atoms with Gasteiger partial charge in [-0.1, -0.05) is 30.3 Å². The van der Waals surface area contributed by atoms with Gasteiger partial charge in [0.1, 0.15) is 0 Å². The SMILES string of the molecule is C[C@@H](CNS(=O)(=O)Cc1ccccc1)S(N)(=O)=O. The first kappa shape index (κ1) is 15.1. The first-order valence-electron chi connectivity index (χ1n) is 5.23. The van der Waals surface area contributed by atoms with Crippen LogP contribution in [0.15, 0.2) is 30.3 Å². The largest absolute Gasteiger partial charge is 0.228 e. The Morgan fingerprint density at radius 3 is 2.22 bits per heavy atom. The molecule has 0 aliphatic carbocycles. The zero-order valence-corrected chi connectivity index (χ0v) is 11.5. The van der Waals surface area contributed by atoms with Gasteiger partial charge in [0.2, 0.25) is 20.0 Å². The van der Waals surface area contributed by atoms with Crippen LogP contribution in [0, 0.1) is 0 Å². The minimum absolute atomic E-state index is 0.189. The molecule has 0 fully saturated rings. The minimum atomic E-state index is -3.73. The van der Waals surface area contributed by atoms with E-state index < -0.39 is 25.3 Å². The summed E-state index contributed by atoms with van der Waals surface area (Å²) >= 11 is 0. The second-order valence-electron chi connectivity index (χ2n) is 3.99. The van der Waals surface area contributed by atoms with Crippen LogP contribution in [0.4, 0.5) is 0 Å². The van der Waals surface area contributed by atoms with Crippen LogP contribution in [0.2, 0.25) is 0 Å². The van der Waals surface area contributed by atoms with Crippen LogP contribution in [0.3, 0.4) is 0 Å². The maximum atomic E-state index is 11.7. The number of hydrogen-bond acceptors (Lipinski definition) is 4. The highest BCUT2D eigenvalue weighted by atomic mass is 32.2. The molecule has 0 saturated heterocycles. The third kappa shape index (κ3) is 5.13. The lowest BCUT2D eigenvalue weighted by atomic mass is 10.2. The highest BCUT2D eigenvalue weighted by Gasteiger charge is 2.19. The summed E-state index contributed by atoms with van der Waals surface area (Å²) < 4.78 is 47.5. The Balaban J connectivity index is 2.62. The average Bonchev–Trinajstić information content (AvgIpc) is 2.25. The molecular formula is C10H16N2O4S2. The molecule has 0 spiro atoms. The lowest BCUT2D eigenvalue weighted by Crippen LogP contribution is -2.38. The van der Waals surface area contributed by atoms with E-state index >= 15 is 0 Å². The lowest BCUT2D eigenvalue weighted by Gasteiger charge is -2.11. The number of nitrogens with two attached hydrogens (primary N) is 1. The summed E-state index contributed by atoms with van der Waals surface area (Å²) in [5, 5.41) is 3.94. The molecule has 0 amide bonds. The fourth-order valence-electron chi connectivity index (χ4n) is 1.21. The second kappa shape index (κ2) is 5.79. The molecule has 0 aromatic heterocycles. The van der Waals surface area contributed by atoms with Crippen molar-refractivity contribution in [2.75, 3.05) is 6.54 Å². The molecule has 18 heavy (non-hydrogen) atoms. The van der Waals surface area contributed by atoms with Crippen LogP contribution in [0.1, 0.15) is 12.5 Å². The predicted molar refractivity (Wildman–Crippen MR) is 69.6 cm³/mol. The molecule has 0 unspecified atom stereocenters. The number of rotatable bonds is 6. The van der Waals surface area contributed by atoms with Gasteiger partial charge in [0.15, 0.2) is 0 Å². The van der Waals surface area contributed by atoms with Crippen molar-refractivity contribution in [2.24, 2.45) is 5.14 Å². The Morgan fingerprint density at radius 1 is 1.17 bits per heavy atom. The molecule has 1 aromatic carbocycles. The molecule has 102 valence electrons. The van der Waals surface area contributed by atoms with Crippen molar-refractivity contribution in [3.8, 4) is 0 Å². The number of sulfonamides is 2. The monoisotopic (exact) mass is 292 g/mol.